The minimum Gasteiger partial charge on any atom is -0.508 e. The van der Waals surface area contributed by atoms with Crippen molar-refractivity contribution in [2.24, 2.45) is 5.92 Å². The summed E-state index contributed by atoms with van der Waals surface area (Å²) in [5, 5.41) is 47.3. The molecule has 5 unspecified atom stereocenters. The van der Waals surface area contributed by atoms with Crippen LogP contribution in [0.5, 0.6) is 11.5 Å². The van der Waals surface area contributed by atoms with E-state index in [4.69, 9.17) is 9.47 Å². The normalized spacial score (nSPS) is 23.6. The van der Waals surface area contributed by atoms with Crippen molar-refractivity contribution in [3.05, 3.63) is 63.7 Å². The van der Waals surface area contributed by atoms with E-state index in [2.05, 4.69) is 24.1 Å². The molecule has 5 rings (SSSR count). The number of aromatic hydroxyl groups is 1. The monoisotopic (exact) mass is 715 g/mol. The Labute approximate surface area is 306 Å². The van der Waals surface area contributed by atoms with Crippen molar-refractivity contribution in [1.29, 1.82) is 0 Å². The number of allylic oxidation sites excluding steroid dienone is 1. The molecule has 52 heavy (non-hydrogen) atoms. The number of aliphatic hydroxyl groups is 3. The van der Waals surface area contributed by atoms with Gasteiger partial charge in [-0.1, -0.05) is 43.7 Å². The molecular formula is C42H53NO9. The number of nitrogens with one attached hydrogen (secondary N) is 1. The first-order valence-corrected chi connectivity index (χ1v) is 18.7. The van der Waals surface area contributed by atoms with Crippen LogP contribution in [0.3, 0.4) is 0 Å². The Morgan fingerprint density at radius 3 is 2.44 bits per heavy atom. The zero-order valence-corrected chi connectivity index (χ0v) is 30.8. The third kappa shape index (κ3) is 9.06. The van der Waals surface area contributed by atoms with Crippen molar-refractivity contribution in [3.8, 4) is 23.3 Å². The molecule has 2 bridgehead atoms. The number of hydrogen-bond donors (Lipinski definition) is 5. The second-order valence-corrected chi connectivity index (χ2v) is 14.8. The zero-order valence-electron chi connectivity index (χ0n) is 30.8. The van der Waals surface area contributed by atoms with Crippen LogP contribution < -0.4 is 10.1 Å². The lowest BCUT2D eigenvalue weighted by Gasteiger charge is -2.40. The van der Waals surface area contributed by atoms with Crippen LogP contribution in [0, 0.1) is 17.8 Å². The van der Waals surface area contributed by atoms with Gasteiger partial charge in [0, 0.05) is 54.6 Å². The second kappa shape index (κ2) is 17.1. The summed E-state index contributed by atoms with van der Waals surface area (Å²) in [5.74, 6) is 4.26. The van der Waals surface area contributed by atoms with Crippen LogP contribution in [0.4, 0.5) is 5.69 Å². The fourth-order valence-corrected chi connectivity index (χ4v) is 7.64. The molecule has 1 fully saturated rings. The summed E-state index contributed by atoms with van der Waals surface area (Å²) in [7, 11) is 0. The van der Waals surface area contributed by atoms with Crippen molar-refractivity contribution in [2.45, 2.75) is 135 Å². The molecule has 2 aliphatic heterocycles. The molecule has 0 spiro atoms. The molecule has 1 aliphatic carbocycles. The topological polar surface area (TPSA) is 163 Å². The van der Waals surface area contributed by atoms with Gasteiger partial charge in [0.25, 0.3) is 0 Å². The summed E-state index contributed by atoms with van der Waals surface area (Å²) in [6.45, 7) is 7.28. The van der Waals surface area contributed by atoms with E-state index >= 15 is 0 Å². The number of aliphatic hydroxyl groups excluding tert-OH is 2. The van der Waals surface area contributed by atoms with E-state index in [1.165, 1.54) is 6.07 Å². The number of phenols is 1. The van der Waals surface area contributed by atoms with Crippen molar-refractivity contribution in [2.75, 3.05) is 11.9 Å². The van der Waals surface area contributed by atoms with Gasteiger partial charge in [0.05, 0.1) is 25.0 Å². The number of anilines is 1. The van der Waals surface area contributed by atoms with Gasteiger partial charge < -0.3 is 35.2 Å². The molecule has 10 heteroatoms. The number of benzene rings is 2. The molecule has 0 aromatic heterocycles. The van der Waals surface area contributed by atoms with E-state index in [0.717, 1.165) is 48.1 Å². The lowest BCUT2D eigenvalue weighted by Crippen LogP contribution is -2.50. The number of esters is 2. The van der Waals surface area contributed by atoms with Crippen LogP contribution >= 0.6 is 0 Å². The van der Waals surface area contributed by atoms with Gasteiger partial charge in [0.1, 0.15) is 29.0 Å². The minimum absolute atomic E-state index is 0.0143. The predicted molar refractivity (Wildman–Crippen MR) is 197 cm³/mol. The lowest BCUT2D eigenvalue weighted by atomic mass is 9.73. The number of hydrogen-bond acceptors (Lipinski definition) is 10. The van der Waals surface area contributed by atoms with Crippen LogP contribution in [0.25, 0.3) is 0 Å². The smallest absolute Gasteiger partial charge is 0.334 e. The number of cyclic esters (lactones) is 1. The van der Waals surface area contributed by atoms with E-state index < -0.39 is 41.6 Å². The summed E-state index contributed by atoms with van der Waals surface area (Å²) in [5.41, 5.74) is 3.03. The summed E-state index contributed by atoms with van der Waals surface area (Å²) in [4.78, 5) is 39.0. The standard InChI is InChI=1S/C42H53NO9/c1-5-7-8-9-34-31(24-44)17-29(19-36(34)43-23-25(3)45)27-10-11-28-21-40(48)51-38-22-37(47)30(18-35(28)38)20-39(52-41(49)26(6-2)16-27)42(4,50)32-12-14-33(46)15-13-32/h6,17-19,22,25,27-28,32,39,43-45,47,50H,5,7-9,12-16,20-21,23-24H2,1-4H3. The second-order valence-electron chi connectivity index (χ2n) is 14.8. The quantitative estimate of drug-likeness (QED) is 0.0622. The number of fused-ring (bicyclic) bond motifs is 1. The fraction of sp³-hybridized carbons (Fsp3) is 0.548. The Balaban J connectivity index is 1.64. The number of rotatable bonds is 11. The summed E-state index contributed by atoms with van der Waals surface area (Å²) in [6.07, 6.45) is 5.39. The van der Waals surface area contributed by atoms with Gasteiger partial charge in [-0.05, 0) is 93.2 Å². The Bertz CT molecular complexity index is 1740. The van der Waals surface area contributed by atoms with Gasteiger partial charge in [0.2, 0.25) is 0 Å². The van der Waals surface area contributed by atoms with Crippen LogP contribution in [-0.2, 0) is 38.6 Å². The van der Waals surface area contributed by atoms with Crippen LogP contribution in [0.2, 0.25) is 0 Å². The highest BCUT2D eigenvalue weighted by Crippen LogP contribution is 2.42. The Morgan fingerprint density at radius 1 is 1.04 bits per heavy atom. The molecule has 5 N–H and O–H groups in total. The molecule has 5 atom stereocenters. The molecule has 0 amide bonds. The van der Waals surface area contributed by atoms with Gasteiger partial charge in [-0.3, -0.25) is 9.59 Å². The van der Waals surface area contributed by atoms with Crippen LogP contribution in [0.15, 0.2) is 35.9 Å². The number of carbonyl (C=O) groups excluding carboxylic acids is 3. The number of ketones is 1. The fourth-order valence-electron chi connectivity index (χ4n) is 7.64. The highest BCUT2D eigenvalue weighted by atomic mass is 16.6. The highest BCUT2D eigenvalue weighted by Gasteiger charge is 2.44. The SMILES string of the molecule is CC=C1CC(c2cc(CO)c(CCCCC)c(NCC(C)O)c2)C#CC2CC(=O)Oc3cc(O)c(cc32)CC(C(C)(O)C2CCC(=O)CC2)OC1=O. The van der Waals surface area contributed by atoms with Crippen molar-refractivity contribution in [1.82, 2.24) is 0 Å². The average molecular weight is 716 g/mol. The van der Waals surface area contributed by atoms with Gasteiger partial charge >= 0.3 is 11.9 Å². The maximum absolute atomic E-state index is 14.1. The Kier molecular flexibility index (Phi) is 12.8. The zero-order chi connectivity index (χ0) is 37.6. The minimum atomic E-state index is -1.53. The largest absolute Gasteiger partial charge is 0.508 e. The van der Waals surface area contributed by atoms with E-state index in [1.807, 2.05) is 12.1 Å². The molecule has 0 saturated heterocycles. The van der Waals surface area contributed by atoms with Crippen LogP contribution in [-0.4, -0.2) is 62.5 Å². The number of ether oxygens (including phenoxy) is 2. The first-order valence-electron chi connectivity index (χ1n) is 18.7. The summed E-state index contributed by atoms with van der Waals surface area (Å²) >= 11 is 0. The molecule has 2 heterocycles. The molecule has 280 valence electrons. The number of Topliss-reactive ketones (excluding diaryl/α,β-unsaturated/α-hetero) is 1. The maximum Gasteiger partial charge on any atom is 0.334 e. The van der Waals surface area contributed by atoms with E-state index in [1.54, 1.807) is 32.9 Å². The molecule has 10 nitrogen and oxygen atoms in total. The van der Waals surface area contributed by atoms with Gasteiger partial charge in [-0.2, -0.15) is 0 Å². The molecule has 1 saturated carbocycles. The molecule has 2 aromatic carbocycles. The van der Waals surface area contributed by atoms with Crippen LogP contribution in [0.1, 0.15) is 125 Å². The third-order valence-electron chi connectivity index (χ3n) is 10.9. The molecular weight excluding hydrogens is 662 g/mol. The third-order valence-corrected chi connectivity index (χ3v) is 10.9. The van der Waals surface area contributed by atoms with Crippen molar-refractivity contribution >= 4 is 23.4 Å². The van der Waals surface area contributed by atoms with Gasteiger partial charge in [-0.15, -0.1) is 0 Å². The lowest BCUT2D eigenvalue weighted by molar-refractivity contribution is -0.169. The summed E-state index contributed by atoms with van der Waals surface area (Å²) in [6, 6.07) is 6.98. The van der Waals surface area contributed by atoms with Crippen molar-refractivity contribution in [3.63, 3.8) is 0 Å². The highest BCUT2D eigenvalue weighted by molar-refractivity contribution is 5.89. The average Bonchev–Trinajstić information content (AvgIpc) is 3.11. The maximum atomic E-state index is 14.1. The van der Waals surface area contributed by atoms with Gasteiger partial charge in [-0.25, -0.2) is 4.79 Å². The first kappa shape index (κ1) is 39.0. The number of unbranched alkanes of at least 4 members (excludes halogenated alkanes) is 2. The van der Waals surface area contributed by atoms with E-state index in [-0.39, 0.29) is 49.1 Å². The Hall–Kier alpha value is -4.17. The van der Waals surface area contributed by atoms with E-state index in [0.29, 0.717) is 48.9 Å². The first-order chi connectivity index (χ1) is 24.8. The Morgan fingerprint density at radius 2 is 1.77 bits per heavy atom. The number of phenolic OH excluding ortho intramolecular Hbond substituents is 1. The molecule has 2 aromatic rings. The van der Waals surface area contributed by atoms with Gasteiger partial charge in [0.15, 0.2) is 0 Å². The predicted octanol–water partition coefficient (Wildman–Crippen LogP) is 5.90. The summed E-state index contributed by atoms with van der Waals surface area (Å²) < 4.78 is 11.7. The number of carbonyl (C=O) groups is 3. The van der Waals surface area contributed by atoms with Crippen molar-refractivity contribution < 1.29 is 44.3 Å². The van der Waals surface area contributed by atoms with E-state index in [9.17, 15) is 34.8 Å². The molecule has 0 radical (unpaired) electrons. The molecule has 3 aliphatic rings.